The predicted molar refractivity (Wildman–Crippen MR) is 83.4 cm³/mol. The fraction of sp³-hybridized carbons (Fsp3) is 0.176. The second-order valence-corrected chi connectivity index (χ2v) is 4.96. The molecule has 0 fully saturated rings. The molecule has 0 saturated heterocycles. The van der Waals surface area contributed by atoms with Gasteiger partial charge in [-0.25, -0.2) is 4.79 Å². The van der Waals surface area contributed by atoms with E-state index < -0.39 is 5.97 Å². The van der Waals surface area contributed by atoms with E-state index in [0.29, 0.717) is 11.3 Å². The first-order chi connectivity index (χ1) is 10.5. The van der Waals surface area contributed by atoms with Gasteiger partial charge < -0.3 is 15.2 Å². The molecule has 0 heterocycles. The number of carboxylic acid groups (broad SMARTS) is 1. The molecule has 0 spiro atoms. The summed E-state index contributed by atoms with van der Waals surface area (Å²) in [7, 11) is 0. The standard InChI is InChI=1S/C17H17NO4/c1-11-6-8-13(9-7-11)18-15(19)10-22-16-12(2)4-3-5-14(16)17(20)21/h3-9H,10H2,1-2H3,(H,18,19)(H,20,21). The molecule has 0 aliphatic heterocycles. The third-order valence-corrected chi connectivity index (χ3v) is 3.13. The lowest BCUT2D eigenvalue weighted by Gasteiger charge is -2.12. The van der Waals surface area contributed by atoms with E-state index in [2.05, 4.69) is 5.32 Å². The van der Waals surface area contributed by atoms with E-state index in [9.17, 15) is 9.59 Å². The van der Waals surface area contributed by atoms with Gasteiger partial charge in [-0.1, -0.05) is 29.8 Å². The van der Waals surface area contributed by atoms with Crippen LogP contribution in [0.4, 0.5) is 5.69 Å². The van der Waals surface area contributed by atoms with Crippen molar-refractivity contribution in [3.63, 3.8) is 0 Å². The van der Waals surface area contributed by atoms with Gasteiger partial charge in [-0.2, -0.15) is 0 Å². The highest BCUT2D eigenvalue weighted by atomic mass is 16.5. The summed E-state index contributed by atoms with van der Waals surface area (Å²) in [5, 5.41) is 11.8. The zero-order valence-electron chi connectivity index (χ0n) is 12.4. The lowest BCUT2D eigenvalue weighted by molar-refractivity contribution is -0.118. The fourth-order valence-electron chi connectivity index (χ4n) is 1.98. The van der Waals surface area contributed by atoms with Crippen LogP contribution in [0, 0.1) is 13.8 Å². The highest BCUT2D eigenvalue weighted by molar-refractivity contribution is 5.93. The van der Waals surface area contributed by atoms with Gasteiger partial charge >= 0.3 is 5.97 Å². The number of aromatic carboxylic acids is 1. The zero-order chi connectivity index (χ0) is 16.1. The first-order valence-corrected chi connectivity index (χ1v) is 6.79. The average Bonchev–Trinajstić information content (AvgIpc) is 2.48. The van der Waals surface area contributed by atoms with E-state index in [-0.39, 0.29) is 23.8 Å². The van der Waals surface area contributed by atoms with Crippen molar-refractivity contribution in [2.24, 2.45) is 0 Å². The molecule has 1 amide bonds. The van der Waals surface area contributed by atoms with E-state index in [1.165, 1.54) is 6.07 Å². The number of aryl methyl sites for hydroxylation is 2. The summed E-state index contributed by atoms with van der Waals surface area (Å²) in [6.45, 7) is 3.44. The number of nitrogens with one attached hydrogen (secondary N) is 1. The van der Waals surface area contributed by atoms with Gasteiger partial charge in [-0.05, 0) is 37.6 Å². The molecule has 0 bridgehead atoms. The predicted octanol–water partition coefficient (Wildman–Crippen LogP) is 3.02. The van der Waals surface area contributed by atoms with Crippen molar-refractivity contribution in [3.8, 4) is 5.75 Å². The van der Waals surface area contributed by atoms with Gasteiger partial charge in [-0.15, -0.1) is 0 Å². The van der Waals surface area contributed by atoms with Crippen LogP contribution in [0.3, 0.4) is 0 Å². The number of hydrogen-bond donors (Lipinski definition) is 2. The van der Waals surface area contributed by atoms with E-state index in [1.807, 2.05) is 19.1 Å². The van der Waals surface area contributed by atoms with Crippen LogP contribution in [0.1, 0.15) is 21.5 Å². The van der Waals surface area contributed by atoms with Crippen molar-refractivity contribution < 1.29 is 19.4 Å². The van der Waals surface area contributed by atoms with Gasteiger partial charge in [0.15, 0.2) is 6.61 Å². The molecule has 0 unspecified atom stereocenters. The molecule has 22 heavy (non-hydrogen) atoms. The van der Waals surface area contributed by atoms with Gasteiger partial charge in [0.1, 0.15) is 11.3 Å². The minimum Gasteiger partial charge on any atom is -0.483 e. The SMILES string of the molecule is Cc1ccc(NC(=O)COc2c(C)cccc2C(=O)O)cc1. The van der Waals surface area contributed by atoms with Crippen LogP contribution in [0.25, 0.3) is 0 Å². The molecule has 5 nitrogen and oxygen atoms in total. The van der Waals surface area contributed by atoms with Crippen LogP contribution >= 0.6 is 0 Å². The van der Waals surface area contributed by atoms with Crippen LogP contribution < -0.4 is 10.1 Å². The van der Waals surface area contributed by atoms with Crippen molar-refractivity contribution in [3.05, 3.63) is 59.2 Å². The third-order valence-electron chi connectivity index (χ3n) is 3.13. The number of hydrogen-bond acceptors (Lipinski definition) is 3. The molecule has 2 N–H and O–H groups in total. The fourth-order valence-corrected chi connectivity index (χ4v) is 1.98. The first-order valence-electron chi connectivity index (χ1n) is 6.79. The number of carbonyl (C=O) groups excluding carboxylic acids is 1. The molecule has 0 radical (unpaired) electrons. The highest BCUT2D eigenvalue weighted by Crippen LogP contribution is 2.23. The molecule has 2 aromatic rings. The molecule has 114 valence electrons. The maximum atomic E-state index is 11.9. The van der Waals surface area contributed by atoms with Crippen molar-refractivity contribution in [2.75, 3.05) is 11.9 Å². The number of benzene rings is 2. The molecular formula is C17H17NO4. The summed E-state index contributed by atoms with van der Waals surface area (Å²) in [5.74, 6) is -1.21. The van der Waals surface area contributed by atoms with Gasteiger partial charge in [0.2, 0.25) is 0 Å². The van der Waals surface area contributed by atoms with Crippen LogP contribution in [0.2, 0.25) is 0 Å². The Morgan fingerprint density at radius 2 is 1.77 bits per heavy atom. The van der Waals surface area contributed by atoms with Gasteiger partial charge in [0.25, 0.3) is 5.91 Å². The monoisotopic (exact) mass is 299 g/mol. The number of rotatable bonds is 5. The Hall–Kier alpha value is -2.82. The summed E-state index contributed by atoms with van der Waals surface area (Å²) < 4.78 is 5.39. The summed E-state index contributed by atoms with van der Waals surface area (Å²) in [6, 6.07) is 12.2. The van der Waals surface area contributed by atoms with Crippen molar-refractivity contribution in [1.29, 1.82) is 0 Å². The smallest absolute Gasteiger partial charge is 0.339 e. The summed E-state index contributed by atoms with van der Waals surface area (Å²) in [6.07, 6.45) is 0. The Bertz CT molecular complexity index is 692. The molecule has 0 atom stereocenters. The summed E-state index contributed by atoms with van der Waals surface area (Å²) >= 11 is 0. The van der Waals surface area contributed by atoms with Gasteiger partial charge in [0, 0.05) is 5.69 Å². The number of amides is 1. The van der Waals surface area contributed by atoms with E-state index in [1.54, 1.807) is 31.2 Å². The molecule has 0 aliphatic carbocycles. The average molecular weight is 299 g/mol. The van der Waals surface area contributed by atoms with E-state index in [4.69, 9.17) is 9.84 Å². The third kappa shape index (κ3) is 3.85. The Balaban J connectivity index is 2.02. The van der Waals surface area contributed by atoms with Crippen molar-refractivity contribution >= 4 is 17.6 Å². The molecular weight excluding hydrogens is 282 g/mol. The number of anilines is 1. The largest absolute Gasteiger partial charge is 0.483 e. The maximum absolute atomic E-state index is 11.9. The second-order valence-electron chi connectivity index (χ2n) is 4.96. The topological polar surface area (TPSA) is 75.6 Å². The Kier molecular flexibility index (Phi) is 4.78. The van der Waals surface area contributed by atoms with Crippen LogP contribution in [-0.2, 0) is 4.79 Å². The molecule has 2 rings (SSSR count). The Labute approximate surface area is 128 Å². The van der Waals surface area contributed by atoms with Gasteiger partial charge in [0.05, 0.1) is 0 Å². The summed E-state index contributed by atoms with van der Waals surface area (Å²) in [4.78, 5) is 23.0. The minimum absolute atomic E-state index is 0.0446. The number of para-hydroxylation sites is 1. The number of carboxylic acids is 1. The molecule has 2 aromatic carbocycles. The van der Waals surface area contributed by atoms with Crippen LogP contribution in [0.15, 0.2) is 42.5 Å². The zero-order valence-corrected chi connectivity index (χ0v) is 12.4. The Morgan fingerprint density at radius 3 is 2.41 bits per heavy atom. The van der Waals surface area contributed by atoms with Crippen molar-refractivity contribution in [2.45, 2.75) is 13.8 Å². The molecule has 0 aromatic heterocycles. The maximum Gasteiger partial charge on any atom is 0.339 e. The summed E-state index contributed by atoms with van der Waals surface area (Å²) in [5.41, 5.74) is 2.48. The second kappa shape index (κ2) is 6.76. The molecule has 5 heteroatoms. The number of ether oxygens (including phenoxy) is 1. The molecule has 0 saturated carbocycles. The quantitative estimate of drug-likeness (QED) is 0.890. The Morgan fingerprint density at radius 1 is 1.09 bits per heavy atom. The van der Waals surface area contributed by atoms with E-state index >= 15 is 0 Å². The molecule has 0 aliphatic rings. The first kappa shape index (κ1) is 15.6. The highest BCUT2D eigenvalue weighted by Gasteiger charge is 2.14. The van der Waals surface area contributed by atoms with Crippen LogP contribution in [0.5, 0.6) is 5.75 Å². The van der Waals surface area contributed by atoms with Gasteiger partial charge in [-0.3, -0.25) is 4.79 Å². The normalized spacial score (nSPS) is 10.1. The van der Waals surface area contributed by atoms with E-state index in [0.717, 1.165) is 5.56 Å². The number of carbonyl (C=O) groups is 2. The minimum atomic E-state index is -1.09. The van der Waals surface area contributed by atoms with Crippen LogP contribution in [-0.4, -0.2) is 23.6 Å². The van der Waals surface area contributed by atoms with Crippen molar-refractivity contribution in [1.82, 2.24) is 0 Å². The lowest BCUT2D eigenvalue weighted by Crippen LogP contribution is -2.21. The lowest BCUT2D eigenvalue weighted by atomic mass is 10.1.